The van der Waals surface area contributed by atoms with E-state index in [-0.39, 0.29) is 6.04 Å². The minimum Gasteiger partial charge on any atom is -0.341 e. The van der Waals surface area contributed by atoms with Gasteiger partial charge in [0.2, 0.25) is 0 Å². The Morgan fingerprint density at radius 1 is 1.19 bits per heavy atom. The fourth-order valence-electron chi connectivity index (χ4n) is 2.30. The van der Waals surface area contributed by atoms with Gasteiger partial charge in [-0.15, -0.1) is 0 Å². The van der Waals surface area contributed by atoms with Gasteiger partial charge in [0.1, 0.15) is 5.82 Å². The Balaban J connectivity index is 1.73. The standard InChI is InChI=1S/C16H15Cl2N3/c1-10(12-8-11(17)6-7-13(12)18)19-9-16-20-14-4-2-3-5-15(14)21-16/h2-8,10,19H,9H2,1H3,(H,20,21). The van der Waals surface area contributed by atoms with Gasteiger partial charge in [0.05, 0.1) is 17.6 Å². The summed E-state index contributed by atoms with van der Waals surface area (Å²) in [4.78, 5) is 7.84. The molecule has 5 heteroatoms. The maximum atomic E-state index is 6.21. The van der Waals surface area contributed by atoms with Gasteiger partial charge in [-0.05, 0) is 42.8 Å². The summed E-state index contributed by atoms with van der Waals surface area (Å²) in [6.45, 7) is 2.69. The molecule has 3 rings (SSSR count). The topological polar surface area (TPSA) is 40.7 Å². The fraction of sp³-hybridized carbons (Fsp3) is 0.188. The van der Waals surface area contributed by atoms with Crippen molar-refractivity contribution < 1.29 is 0 Å². The number of H-pyrrole nitrogens is 1. The summed E-state index contributed by atoms with van der Waals surface area (Å²) in [5.41, 5.74) is 3.01. The molecule has 108 valence electrons. The number of benzene rings is 2. The lowest BCUT2D eigenvalue weighted by Gasteiger charge is -2.15. The third-order valence-corrected chi connectivity index (χ3v) is 4.02. The van der Waals surface area contributed by atoms with Crippen LogP contribution in [-0.4, -0.2) is 9.97 Å². The number of halogens is 2. The van der Waals surface area contributed by atoms with Crippen LogP contribution in [-0.2, 0) is 6.54 Å². The molecule has 3 aromatic rings. The number of hydrogen-bond donors (Lipinski definition) is 2. The fourth-order valence-corrected chi connectivity index (χ4v) is 2.76. The predicted octanol–water partition coefficient (Wildman–Crippen LogP) is 4.72. The van der Waals surface area contributed by atoms with Gasteiger partial charge < -0.3 is 10.3 Å². The van der Waals surface area contributed by atoms with Crippen molar-refractivity contribution in [2.75, 3.05) is 0 Å². The van der Waals surface area contributed by atoms with E-state index in [1.807, 2.05) is 36.4 Å². The smallest absolute Gasteiger partial charge is 0.121 e. The van der Waals surface area contributed by atoms with Crippen LogP contribution in [0.4, 0.5) is 0 Å². The zero-order chi connectivity index (χ0) is 14.8. The second kappa shape index (κ2) is 6.06. The Labute approximate surface area is 133 Å². The van der Waals surface area contributed by atoms with Crippen LogP contribution in [0.3, 0.4) is 0 Å². The van der Waals surface area contributed by atoms with Gasteiger partial charge >= 0.3 is 0 Å². The number of imidazole rings is 1. The number of fused-ring (bicyclic) bond motifs is 1. The van der Waals surface area contributed by atoms with Crippen LogP contribution in [0.2, 0.25) is 10.0 Å². The average molecular weight is 320 g/mol. The Morgan fingerprint density at radius 2 is 2.00 bits per heavy atom. The third-order valence-electron chi connectivity index (χ3n) is 3.44. The van der Waals surface area contributed by atoms with Crippen molar-refractivity contribution in [3.05, 3.63) is 63.9 Å². The van der Waals surface area contributed by atoms with Crippen LogP contribution in [0.1, 0.15) is 24.4 Å². The van der Waals surface area contributed by atoms with Gasteiger partial charge in [-0.2, -0.15) is 0 Å². The van der Waals surface area contributed by atoms with Crippen molar-refractivity contribution in [1.29, 1.82) is 0 Å². The molecule has 1 heterocycles. The highest BCUT2D eigenvalue weighted by molar-refractivity contribution is 6.33. The largest absolute Gasteiger partial charge is 0.341 e. The maximum Gasteiger partial charge on any atom is 0.121 e. The lowest BCUT2D eigenvalue weighted by atomic mass is 10.1. The molecule has 1 aromatic heterocycles. The molecule has 0 spiro atoms. The van der Waals surface area contributed by atoms with Crippen LogP contribution in [0, 0.1) is 0 Å². The first kappa shape index (κ1) is 14.4. The number of nitrogens with one attached hydrogen (secondary N) is 2. The van der Waals surface area contributed by atoms with Crippen LogP contribution >= 0.6 is 23.2 Å². The number of aromatic nitrogens is 2. The number of para-hydroxylation sites is 2. The van der Waals surface area contributed by atoms with Gasteiger partial charge in [-0.3, -0.25) is 0 Å². The van der Waals surface area contributed by atoms with Gasteiger partial charge in [0, 0.05) is 16.1 Å². The highest BCUT2D eigenvalue weighted by Crippen LogP contribution is 2.26. The zero-order valence-electron chi connectivity index (χ0n) is 11.5. The first-order valence-corrected chi connectivity index (χ1v) is 7.51. The summed E-state index contributed by atoms with van der Waals surface area (Å²) in [7, 11) is 0. The molecule has 0 aliphatic heterocycles. The molecule has 1 atom stereocenters. The van der Waals surface area contributed by atoms with Gasteiger partial charge in [-0.25, -0.2) is 4.98 Å². The van der Waals surface area contributed by atoms with E-state index in [2.05, 4.69) is 22.2 Å². The molecule has 0 fully saturated rings. The van der Waals surface area contributed by atoms with Crippen LogP contribution in [0.5, 0.6) is 0 Å². The molecule has 2 N–H and O–H groups in total. The maximum absolute atomic E-state index is 6.21. The number of aromatic amines is 1. The summed E-state index contributed by atoms with van der Waals surface area (Å²) >= 11 is 12.2. The van der Waals surface area contributed by atoms with E-state index in [0.29, 0.717) is 16.6 Å². The lowest BCUT2D eigenvalue weighted by molar-refractivity contribution is 0.563. The summed E-state index contributed by atoms with van der Waals surface area (Å²) in [5, 5.41) is 4.81. The molecule has 0 aliphatic carbocycles. The second-order valence-corrected chi connectivity index (χ2v) is 5.81. The normalized spacial score (nSPS) is 12.7. The first-order valence-electron chi connectivity index (χ1n) is 6.75. The molecule has 1 unspecified atom stereocenters. The lowest BCUT2D eigenvalue weighted by Crippen LogP contribution is -2.19. The van der Waals surface area contributed by atoms with Crippen LogP contribution < -0.4 is 5.32 Å². The van der Waals surface area contributed by atoms with E-state index in [4.69, 9.17) is 23.2 Å². The molecular weight excluding hydrogens is 305 g/mol. The second-order valence-electron chi connectivity index (χ2n) is 4.97. The van der Waals surface area contributed by atoms with Crippen molar-refractivity contribution in [1.82, 2.24) is 15.3 Å². The minimum atomic E-state index is 0.0874. The molecule has 0 aliphatic rings. The highest BCUT2D eigenvalue weighted by Gasteiger charge is 2.11. The van der Waals surface area contributed by atoms with Crippen molar-refractivity contribution in [2.45, 2.75) is 19.5 Å². The number of rotatable bonds is 4. The Hall–Kier alpha value is -1.55. The highest BCUT2D eigenvalue weighted by atomic mass is 35.5. The zero-order valence-corrected chi connectivity index (χ0v) is 13.0. The SMILES string of the molecule is CC(NCc1nc2ccccc2[nH]1)c1cc(Cl)ccc1Cl. The average Bonchev–Trinajstić information content (AvgIpc) is 2.90. The summed E-state index contributed by atoms with van der Waals surface area (Å²) < 4.78 is 0. The van der Waals surface area contributed by atoms with E-state index >= 15 is 0 Å². The Kier molecular flexibility index (Phi) is 4.15. The molecule has 0 radical (unpaired) electrons. The molecule has 0 bridgehead atoms. The first-order chi connectivity index (χ1) is 10.1. The van der Waals surface area contributed by atoms with Crippen molar-refractivity contribution in [3.63, 3.8) is 0 Å². The predicted molar refractivity (Wildman–Crippen MR) is 87.8 cm³/mol. The summed E-state index contributed by atoms with van der Waals surface area (Å²) in [6.07, 6.45) is 0. The Morgan fingerprint density at radius 3 is 2.81 bits per heavy atom. The molecular formula is C16H15Cl2N3. The third kappa shape index (κ3) is 3.21. The number of nitrogens with zero attached hydrogens (tertiary/aromatic N) is 1. The summed E-state index contributed by atoms with van der Waals surface area (Å²) in [6, 6.07) is 13.6. The minimum absolute atomic E-state index is 0.0874. The van der Waals surface area contributed by atoms with Crippen molar-refractivity contribution in [2.24, 2.45) is 0 Å². The molecule has 0 amide bonds. The molecule has 3 nitrogen and oxygen atoms in total. The van der Waals surface area contributed by atoms with E-state index in [1.165, 1.54) is 0 Å². The van der Waals surface area contributed by atoms with E-state index in [1.54, 1.807) is 6.07 Å². The van der Waals surface area contributed by atoms with E-state index < -0.39 is 0 Å². The quantitative estimate of drug-likeness (QED) is 0.730. The van der Waals surface area contributed by atoms with E-state index in [0.717, 1.165) is 22.4 Å². The van der Waals surface area contributed by atoms with Gasteiger partial charge in [0.15, 0.2) is 0 Å². The molecule has 0 saturated heterocycles. The molecule has 0 saturated carbocycles. The number of hydrogen-bond acceptors (Lipinski definition) is 2. The van der Waals surface area contributed by atoms with Gasteiger partial charge in [-0.1, -0.05) is 35.3 Å². The molecule has 21 heavy (non-hydrogen) atoms. The van der Waals surface area contributed by atoms with Gasteiger partial charge in [0.25, 0.3) is 0 Å². The molecule has 2 aromatic carbocycles. The van der Waals surface area contributed by atoms with Crippen LogP contribution in [0.15, 0.2) is 42.5 Å². The Bertz CT molecular complexity index is 734. The monoisotopic (exact) mass is 319 g/mol. The van der Waals surface area contributed by atoms with E-state index in [9.17, 15) is 0 Å². The van der Waals surface area contributed by atoms with Crippen molar-refractivity contribution >= 4 is 34.2 Å². The summed E-state index contributed by atoms with van der Waals surface area (Å²) in [5.74, 6) is 0.904. The van der Waals surface area contributed by atoms with Crippen LogP contribution in [0.25, 0.3) is 11.0 Å². The van der Waals surface area contributed by atoms with Crippen molar-refractivity contribution in [3.8, 4) is 0 Å².